The van der Waals surface area contributed by atoms with Gasteiger partial charge in [0.25, 0.3) is 0 Å². The van der Waals surface area contributed by atoms with Gasteiger partial charge in [-0.3, -0.25) is 0 Å². The van der Waals surface area contributed by atoms with Crippen LogP contribution in [0.5, 0.6) is 0 Å². The third-order valence-corrected chi connectivity index (χ3v) is 3.47. The van der Waals surface area contributed by atoms with Gasteiger partial charge in [-0.25, -0.2) is 4.98 Å². The summed E-state index contributed by atoms with van der Waals surface area (Å²) < 4.78 is 6.01. The van der Waals surface area contributed by atoms with Crippen molar-refractivity contribution >= 4 is 11.5 Å². The van der Waals surface area contributed by atoms with Crippen molar-refractivity contribution in [1.82, 2.24) is 24.5 Å². The van der Waals surface area contributed by atoms with Crippen LogP contribution in [0.15, 0.2) is 12.5 Å². The van der Waals surface area contributed by atoms with Crippen LogP contribution in [0.2, 0.25) is 0 Å². The van der Waals surface area contributed by atoms with E-state index in [0.29, 0.717) is 0 Å². The molecule has 0 radical (unpaired) electrons. The van der Waals surface area contributed by atoms with Crippen LogP contribution in [0.1, 0.15) is 35.7 Å². The minimum absolute atomic E-state index is 0.0951. The number of hydrogen-bond acceptors (Lipinski definition) is 5. The number of aryl methyl sites for hydroxylation is 2. The monoisotopic (exact) mass is 251 g/mol. The summed E-state index contributed by atoms with van der Waals surface area (Å²) >= 11 is 1.45. The second-order valence-corrected chi connectivity index (χ2v) is 4.81. The second-order valence-electron chi connectivity index (χ2n) is 4.02. The number of hydrogen-bond donors (Lipinski definition) is 1. The zero-order valence-electron chi connectivity index (χ0n) is 10.3. The first-order valence-corrected chi connectivity index (χ1v) is 6.49. The van der Waals surface area contributed by atoms with Crippen LogP contribution in [-0.2, 0) is 13.5 Å². The van der Waals surface area contributed by atoms with E-state index in [-0.39, 0.29) is 6.04 Å². The van der Waals surface area contributed by atoms with E-state index < -0.39 is 0 Å². The Kier molecular flexibility index (Phi) is 3.86. The van der Waals surface area contributed by atoms with Crippen molar-refractivity contribution < 1.29 is 0 Å². The zero-order valence-corrected chi connectivity index (χ0v) is 11.2. The molecule has 0 saturated carbocycles. The SMILES string of the molecule is CCCc1nnsc1C(NC)c1cn(C)cn1. The van der Waals surface area contributed by atoms with Gasteiger partial charge >= 0.3 is 0 Å². The number of nitrogens with zero attached hydrogens (tertiary/aromatic N) is 4. The molecule has 92 valence electrons. The summed E-state index contributed by atoms with van der Waals surface area (Å²) in [4.78, 5) is 5.57. The van der Waals surface area contributed by atoms with E-state index in [1.807, 2.05) is 31.2 Å². The maximum atomic E-state index is 4.40. The molecule has 2 aromatic rings. The van der Waals surface area contributed by atoms with Crippen molar-refractivity contribution in [3.05, 3.63) is 28.8 Å². The van der Waals surface area contributed by atoms with Crippen molar-refractivity contribution in [3.63, 3.8) is 0 Å². The summed E-state index contributed by atoms with van der Waals surface area (Å²) in [6, 6.07) is 0.0951. The number of rotatable bonds is 5. The molecule has 0 bridgehead atoms. The molecule has 6 heteroatoms. The van der Waals surface area contributed by atoms with Gasteiger partial charge in [0.1, 0.15) is 0 Å². The summed E-state index contributed by atoms with van der Waals surface area (Å²) in [5.74, 6) is 0. The van der Waals surface area contributed by atoms with Crippen molar-refractivity contribution in [2.45, 2.75) is 25.8 Å². The topological polar surface area (TPSA) is 55.6 Å². The Morgan fingerprint density at radius 3 is 2.94 bits per heavy atom. The first kappa shape index (κ1) is 12.2. The van der Waals surface area contributed by atoms with E-state index in [0.717, 1.165) is 24.2 Å². The standard InChI is InChI=1S/C11H17N5S/c1-4-5-8-11(17-15-14-8)10(12-2)9-6-16(3)7-13-9/h6-7,10,12H,4-5H2,1-3H3. The van der Waals surface area contributed by atoms with Crippen LogP contribution in [-0.4, -0.2) is 26.2 Å². The summed E-state index contributed by atoms with van der Waals surface area (Å²) in [7, 11) is 3.91. The molecule has 0 aromatic carbocycles. The van der Waals surface area contributed by atoms with Crippen molar-refractivity contribution in [3.8, 4) is 0 Å². The lowest BCUT2D eigenvalue weighted by Gasteiger charge is -2.12. The molecule has 0 saturated heterocycles. The highest BCUT2D eigenvalue weighted by Crippen LogP contribution is 2.26. The molecule has 1 atom stereocenters. The zero-order chi connectivity index (χ0) is 12.3. The maximum absolute atomic E-state index is 4.40. The van der Waals surface area contributed by atoms with Gasteiger partial charge in [0.15, 0.2) is 0 Å². The lowest BCUT2D eigenvalue weighted by Crippen LogP contribution is -2.18. The van der Waals surface area contributed by atoms with Crippen LogP contribution in [0.3, 0.4) is 0 Å². The molecular formula is C11H17N5S. The van der Waals surface area contributed by atoms with Crippen LogP contribution in [0, 0.1) is 0 Å². The van der Waals surface area contributed by atoms with Crippen molar-refractivity contribution in [2.75, 3.05) is 7.05 Å². The summed E-state index contributed by atoms with van der Waals surface area (Å²) in [5, 5.41) is 7.49. The molecule has 2 rings (SSSR count). The fourth-order valence-corrected chi connectivity index (χ4v) is 2.66. The molecule has 2 aromatic heterocycles. The molecule has 2 heterocycles. The van der Waals surface area contributed by atoms with E-state index >= 15 is 0 Å². The lowest BCUT2D eigenvalue weighted by molar-refractivity contribution is 0.671. The van der Waals surface area contributed by atoms with Gasteiger partial charge in [0.05, 0.1) is 28.6 Å². The van der Waals surface area contributed by atoms with Gasteiger partial charge < -0.3 is 9.88 Å². The summed E-state index contributed by atoms with van der Waals surface area (Å²) in [6.45, 7) is 2.15. The van der Waals surface area contributed by atoms with Gasteiger partial charge in [0.2, 0.25) is 0 Å². The van der Waals surface area contributed by atoms with E-state index in [2.05, 4.69) is 26.8 Å². The third-order valence-electron chi connectivity index (χ3n) is 2.64. The minimum Gasteiger partial charge on any atom is -0.340 e. The maximum Gasteiger partial charge on any atom is 0.0947 e. The molecule has 1 N–H and O–H groups in total. The first-order valence-electron chi connectivity index (χ1n) is 5.72. The molecule has 0 aliphatic carbocycles. The Hall–Kier alpha value is -1.27. The van der Waals surface area contributed by atoms with Gasteiger partial charge in [-0.15, -0.1) is 5.10 Å². The van der Waals surface area contributed by atoms with Crippen molar-refractivity contribution in [2.24, 2.45) is 7.05 Å². The Morgan fingerprint density at radius 2 is 2.35 bits per heavy atom. The van der Waals surface area contributed by atoms with E-state index in [9.17, 15) is 0 Å². The molecular weight excluding hydrogens is 234 g/mol. The quantitative estimate of drug-likeness (QED) is 0.875. The molecule has 0 amide bonds. The van der Waals surface area contributed by atoms with Crippen molar-refractivity contribution in [1.29, 1.82) is 0 Å². The molecule has 0 spiro atoms. The van der Waals surface area contributed by atoms with E-state index in [1.165, 1.54) is 16.4 Å². The molecule has 0 aliphatic heterocycles. The van der Waals surface area contributed by atoms with E-state index in [1.54, 1.807) is 0 Å². The Balaban J connectivity index is 2.31. The van der Waals surface area contributed by atoms with Crippen LogP contribution >= 0.6 is 11.5 Å². The highest BCUT2D eigenvalue weighted by Gasteiger charge is 2.20. The van der Waals surface area contributed by atoms with Gasteiger partial charge in [-0.2, -0.15) is 0 Å². The molecule has 0 aliphatic rings. The molecule has 5 nitrogen and oxygen atoms in total. The van der Waals surface area contributed by atoms with Gasteiger partial charge in [-0.1, -0.05) is 17.8 Å². The highest BCUT2D eigenvalue weighted by molar-refractivity contribution is 7.05. The van der Waals surface area contributed by atoms with Gasteiger partial charge in [0, 0.05) is 13.2 Å². The third kappa shape index (κ3) is 2.53. The normalized spacial score (nSPS) is 12.9. The van der Waals surface area contributed by atoms with Crippen LogP contribution in [0.4, 0.5) is 0 Å². The number of aromatic nitrogens is 4. The fraction of sp³-hybridized carbons (Fsp3) is 0.545. The minimum atomic E-state index is 0.0951. The van der Waals surface area contributed by atoms with Crippen LogP contribution < -0.4 is 5.32 Å². The predicted octanol–water partition coefficient (Wildman–Crippen LogP) is 1.53. The predicted molar refractivity (Wildman–Crippen MR) is 68.0 cm³/mol. The molecule has 0 fully saturated rings. The Bertz CT molecular complexity index is 476. The molecule has 1 unspecified atom stereocenters. The average molecular weight is 251 g/mol. The van der Waals surface area contributed by atoms with Gasteiger partial charge in [-0.05, 0) is 25.0 Å². The number of imidazole rings is 1. The first-order chi connectivity index (χ1) is 8.26. The summed E-state index contributed by atoms with van der Waals surface area (Å²) in [6.07, 6.45) is 5.89. The summed E-state index contributed by atoms with van der Waals surface area (Å²) in [5.41, 5.74) is 2.10. The largest absolute Gasteiger partial charge is 0.340 e. The Labute approximate surface area is 105 Å². The number of nitrogens with one attached hydrogen (secondary N) is 1. The Morgan fingerprint density at radius 1 is 1.53 bits per heavy atom. The smallest absolute Gasteiger partial charge is 0.0947 e. The lowest BCUT2D eigenvalue weighted by atomic mass is 10.1. The second kappa shape index (κ2) is 5.37. The average Bonchev–Trinajstić information content (AvgIpc) is 2.91. The molecule has 17 heavy (non-hydrogen) atoms. The fourth-order valence-electron chi connectivity index (χ4n) is 1.84. The highest BCUT2D eigenvalue weighted by atomic mass is 32.1. The van der Waals surface area contributed by atoms with E-state index in [4.69, 9.17) is 0 Å². The van der Waals surface area contributed by atoms with Crippen LogP contribution in [0.25, 0.3) is 0 Å².